The maximum Gasteiger partial charge on any atom is 0.226 e. The third-order valence-electron chi connectivity index (χ3n) is 4.51. The Bertz CT molecular complexity index is 462. The van der Waals surface area contributed by atoms with Gasteiger partial charge in [-0.3, -0.25) is 4.79 Å². The molecular weight excluding hydrogens is 257 g/mol. The third-order valence-corrected chi connectivity index (χ3v) is 4.51. The highest BCUT2D eigenvalue weighted by atomic mass is 19.1. The SMILES string of the molecule is CCC1(C(=O)NC(C)C(O)c2ccc(F)cc2)CCC1. The minimum absolute atomic E-state index is 0.0277. The zero-order chi connectivity index (χ0) is 14.8. The number of hydrogen-bond acceptors (Lipinski definition) is 2. The quantitative estimate of drug-likeness (QED) is 0.870. The van der Waals surface area contributed by atoms with Crippen LogP contribution in [0.4, 0.5) is 4.39 Å². The van der Waals surface area contributed by atoms with E-state index in [0.717, 1.165) is 25.7 Å². The molecule has 20 heavy (non-hydrogen) atoms. The first-order valence-corrected chi connectivity index (χ1v) is 7.23. The Hall–Kier alpha value is -1.42. The molecule has 0 spiro atoms. The van der Waals surface area contributed by atoms with E-state index in [1.807, 2.05) is 6.92 Å². The van der Waals surface area contributed by atoms with Gasteiger partial charge in [0, 0.05) is 5.41 Å². The van der Waals surface area contributed by atoms with E-state index in [2.05, 4.69) is 5.32 Å². The zero-order valence-corrected chi connectivity index (χ0v) is 12.0. The van der Waals surface area contributed by atoms with Crippen molar-refractivity contribution in [3.63, 3.8) is 0 Å². The van der Waals surface area contributed by atoms with Crippen molar-refractivity contribution >= 4 is 5.91 Å². The summed E-state index contributed by atoms with van der Waals surface area (Å²) in [6.07, 6.45) is 2.95. The normalized spacial score (nSPS) is 19.8. The molecule has 1 aliphatic rings. The molecule has 0 aliphatic heterocycles. The minimum Gasteiger partial charge on any atom is -0.386 e. The molecule has 1 aliphatic carbocycles. The molecule has 2 rings (SSSR count). The van der Waals surface area contributed by atoms with Crippen molar-refractivity contribution in [2.75, 3.05) is 0 Å². The van der Waals surface area contributed by atoms with Gasteiger partial charge in [0.2, 0.25) is 5.91 Å². The molecule has 2 unspecified atom stereocenters. The molecule has 1 amide bonds. The lowest BCUT2D eigenvalue weighted by Gasteiger charge is -2.40. The largest absolute Gasteiger partial charge is 0.386 e. The molecule has 0 bridgehead atoms. The number of carbonyl (C=O) groups excluding carboxylic acids is 1. The summed E-state index contributed by atoms with van der Waals surface area (Å²) in [7, 11) is 0. The lowest BCUT2D eigenvalue weighted by molar-refractivity contribution is -0.137. The van der Waals surface area contributed by atoms with Crippen LogP contribution < -0.4 is 5.32 Å². The fourth-order valence-electron chi connectivity index (χ4n) is 2.73. The van der Waals surface area contributed by atoms with Crippen molar-refractivity contribution < 1.29 is 14.3 Å². The molecule has 1 fully saturated rings. The Morgan fingerprint density at radius 1 is 1.40 bits per heavy atom. The first kappa shape index (κ1) is 15.0. The van der Waals surface area contributed by atoms with E-state index >= 15 is 0 Å². The van der Waals surface area contributed by atoms with E-state index in [0.29, 0.717) is 5.56 Å². The van der Waals surface area contributed by atoms with Crippen molar-refractivity contribution in [1.82, 2.24) is 5.32 Å². The summed E-state index contributed by atoms with van der Waals surface area (Å²) in [6, 6.07) is 5.32. The number of aliphatic hydroxyl groups is 1. The number of carbonyl (C=O) groups is 1. The second kappa shape index (κ2) is 5.92. The van der Waals surface area contributed by atoms with Crippen molar-refractivity contribution in [2.45, 2.75) is 51.7 Å². The van der Waals surface area contributed by atoms with Gasteiger partial charge in [-0.25, -0.2) is 4.39 Å². The summed E-state index contributed by atoms with van der Waals surface area (Å²) in [6.45, 7) is 3.80. The van der Waals surface area contributed by atoms with Crippen LogP contribution in [0, 0.1) is 11.2 Å². The molecule has 1 aromatic rings. The van der Waals surface area contributed by atoms with Gasteiger partial charge in [0.25, 0.3) is 0 Å². The van der Waals surface area contributed by atoms with E-state index in [4.69, 9.17) is 0 Å². The van der Waals surface area contributed by atoms with Gasteiger partial charge in [-0.15, -0.1) is 0 Å². The van der Waals surface area contributed by atoms with Crippen LogP contribution in [0.25, 0.3) is 0 Å². The van der Waals surface area contributed by atoms with Crippen LogP contribution in [0.5, 0.6) is 0 Å². The third kappa shape index (κ3) is 2.85. The maximum atomic E-state index is 12.9. The van der Waals surface area contributed by atoms with Crippen LogP contribution in [0.3, 0.4) is 0 Å². The second-order valence-electron chi connectivity index (χ2n) is 5.75. The monoisotopic (exact) mass is 279 g/mol. The highest BCUT2D eigenvalue weighted by Gasteiger charge is 2.42. The Kier molecular flexibility index (Phi) is 4.43. The lowest BCUT2D eigenvalue weighted by atomic mass is 9.66. The van der Waals surface area contributed by atoms with Gasteiger partial charge in [0.15, 0.2) is 0 Å². The fourth-order valence-corrected chi connectivity index (χ4v) is 2.73. The highest BCUT2D eigenvalue weighted by Crippen LogP contribution is 2.44. The summed E-state index contributed by atoms with van der Waals surface area (Å²) in [4.78, 5) is 12.3. The molecule has 4 heteroatoms. The van der Waals surface area contributed by atoms with Crippen molar-refractivity contribution in [2.24, 2.45) is 5.41 Å². The zero-order valence-electron chi connectivity index (χ0n) is 12.0. The van der Waals surface area contributed by atoms with Gasteiger partial charge in [0.05, 0.1) is 12.1 Å². The number of rotatable bonds is 5. The van der Waals surface area contributed by atoms with E-state index in [1.165, 1.54) is 12.1 Å². The number of amides is 1. The van der Waals surface area contributed by atoms with Crippen LogP contribution in [0.1, 0.15) is 51.2 Å². The predicted octanol–water partition coefficient (Wildman–Crippen LogP) is 2.94. The Morgan fingerprint density at radius 2 is 2.00 bits per heavy atom. The number of aliphatic hydroxyl groups excluding tert-OH is 1. The van der Waals surface area contributed by atoms with Gasteiger partial charge in [-0.05, 0) is 43.9 Å². The summed E-state index contributed by atoms with van der Waals surface area (Å²) in [5, 5.41) is 13.1. The molecule has 2 atom stereocenters. The molecule has 110 valence electrons. The molecule has 0 radical (unpaired) electrons. The molecule has 2 N–H and O–H groups in total. The van der Waals surface area contributed by atoms with E-state index in [9.17, 15) is 14.3 Å². The number of halogens is 1. The first-order valence-electron chi connectivity index (χ1n) is 7.23. The molecular formula is C16H22FNO2. The molecule has 0 aromatic heterocycles. The smallest absolute Gasteiger partial charge is 0.226 e. The average Bonchev–Trinajstić information content (AvgIpc) is 2.38. The minimum atomic E-state index is -0.825. The molecule has 0 heterocycles. The lowest BCUT2D eigenvalue weighted by Crippen LogP contribution is -2.49. The van der Waals surface area contributed by atoms with Crippen LogP contribution in [0.15, 0.2) is 24.3 Å². The van der Waals surface area contributed by atoms with Gasteiger partial charge in [-0.1, -0.05) is 25.5 Å². The summed E-state index contributed by atoms with van der Waals surface area (Å²) < 4.78 is 12.9. The van der Waals surface area contributed by atoms with Crippen LogP contribution in [-0.2, 0) is 4.79 Å². The molecule has 3 nitrogen and oxygen atoms in total. The van der Waals surface area contributed by atoms with Gasteiger partial charge in [0.1, 0.15) is 5.82 Å². The number of nitrogens with one attached hydrogen (secondary N) is 1. The summed E-state index contributed by atoms with van der Waals surface area (Å²) in [5.41, 5.74) is 0.370. The van der Waals surface area contributed by atoms with Crippen LogP contribution in [-0.4, -0.2) is 17.1 Å². The average molecular weight is 279 g/mol. The molecule has 0 saturated heterocycles. The van der Waals surface area contributed by atoms with Crippen LogP contribution in [0.2, 0.25) is 0 Å². The van der Waals surface area contributed by atoms with Crippen LogP contribution >= 0.6 is 0 Å². The number of benzene rings is 1. The second-order valence-corrected chi connectivity index (χ2v) is 5.75. The fraction of sp³-hybridized carbons (Fsp3) is 0.562. The maximum absolute atomic E-state index is 12.9. The van der Waals surface area contributed by atoms with E-state index < -0.39 is 12.1 Å². The standard InChI is InChI=1S/C16H22FNO2/c1-3-16(9-4-10-16)15(20)18-11(2)14(19)12-5-7-13(17)8-6-12/h5-8,11,14,19H,3-4,9-10H2,1-2H3,(H,18,20). The van der Waals surface area contributed by atoms with Gasteiger partial charge >= 0.3 is 0 Å². The Balaban J connectivity index is 1.99. The first-order chi connectivity index (χ1) is 9.48. The molecule has 1 aromatic carbocycles. The number of hydrogen-bond donors (Lipinski definition) is 2. The molecule has 1 saturated carbocycles. The van der Waals surface area contributed by atoms with Gasteiger partial charge in [-0.2, -0.15) is 0 Å². The Labute approximate surface area is 119 Å². The van der Waals surface area contributed by atoms with Crippen molar-refractivity contribution in [3.8, 4) is 0 Å². The summed E-state index contributed by atoms with van der Waals surface area (Å²) >= 11 is 0. The van der Waals surface area contributed by atoms with Crippen molar-refractivity contribution in [3.05, 3.63) is 35.6 Å². The summed E-state index contributed by atoms with van der Waals surface area (Å²) in [5.74, 6) is -0.308. The van der Waals surface area contributed by atoms with E-state index in [1.54, 1.807) is 19.1 Å². The van der Waals surface area contributed by atoms with E-state index in [-0.39, 0.29) is 17.1 Å². The van der Waals surface area contributed by atoms with Gasteiger partial charge < -0.3 is 10.4 Å². The highest BCUT2D eigenvalue weighted by molar-refractivity contribution is 5.83. The van der Waals surface area contributed by atoms with Crippen molar-refractivity contribution in [1.29, 1.82) is 0 Å². The predicted molar refractivity (Wildman–Crippen MR) is 75.5 cm³/mol. The topological polar surface area (TPSA) is 49.3 Å². The Morgan fingerprint density at radius 3 is 2.45 bits per heavy atom.